The van der Waals surface area contributed by atoms with Crippen molar-refractivity contribution in [3.05, 3.63) is 10.6 Å². The molecule has 0 aromatic heterocycles. The SMILES string of the molecule is C[C@@H](O)[C@H]1C(=O)N2C(C(=O)O)=C(S[C@@H]3CN[C@@H](C(=O)N4CCN(CCO)CC4)C3)[C@H](C)[C@H]12. The van der Waals surface area contributed by atoms with Gasteiger partial charge in [0.1, 0.15) is 5.70 Å². The van der Waals surface area contributed by atoms with Crippen LogP contribution in [0.4, 0.5) is 0 Å². The van der Waals surface area contributed by atoms with E-state index in [1.54, 1.807) is 6.92 Å². The average Bonchev–Trinajstić information content (AvgIpc) is 3.30. The number of β-lactam (4-membered cyclic amide) rings is 1. The summed E-state index contributed by atoms with van der Waals surface area (Å²) in [6.07, 6.45) is -0.222. The van der Waals surface area contributed by atoms with E-state index in [9.17, 15) is 24.6 Å². The van der Waals surface area contributed by atoms with Crippen LogP contribution in [0.1, 0.15) is 20.3 Å². The fourth-order valence-corrected chi connectivity index (χ4v) is 6.87. The van der Waals surface area contributed by atoms with Crippen LogP contribution in [0.5, 0.6) is 0 Å². The lowest BCUT2D eigenvalue weighted by Crippen LogP contribution is -2.63. The zero-order chi connectivity index (χ0) is 23.2. The molecule has 0 unspecified atom stereocenters. The minimum absolute atomic E-state index is 0.0316. The lowest BCUT2D eigenvalue weighted by atomic mass is 9.79. The average molecular weight is 469 g/mol. The van der Waals surface area contributed by atoms with Gasteiger partial charge in [-0.05, 0) is 13.3 Å². The lowest BCUT2D eigenvalue weighted by Gasteiger charge is -2.46. The highest BCUT2D eigenvalue weighted by Gasteiger charge is 2.60. The number of aliphatic hydroxyl groups is 2. The molecule has 0 aromatic carbocycles. The van der Waals surface area contributed by atoms with Crippen LogP contribution in [0, 0.1) is 11.8 Å². The van der Waals surface area contributed by atoms with E-state index in [4.69, 9.17) is 5.11 Å². The van der Waals surface area contributed by atoms with Gasteiger partial charge in [-0.2, -0.15) is 0 Å². The van der Waals surface area contributed by atoms with Gasteiger partial charge in [-0.1, -0.05) is 6.92 Å². The zero-order valence-corrected chi connectivity index (χ0v) is 19.3. The van der Waals surface area contributed by atoms with Crippen molar-refractivity contribution >= 4 is 29.5 Å². The van der Waals surface area contributed by atoms with E-state index in [1.165, 1.54) is 16.7 Å². The number of hydrogen-bond donors (Lipinski definition) is 4. The number of amides is 2. The second-order valence-corrected chi connectivity index (χ2v) is 10.4. The van der Waals surface area contributed by atoms with E-state index >= 15 is 0 Å². The fourth-order valence-electron chi connectivity index (χ4n) is 5.39. The third-order valence-corrected chi connectivity index (χ3v) is 8.61. The Hall–Kier alpha value is -1.66. The summed E-state index contributed by atoms with van der Waals surface area (Å²) in [5, 5.41) is 32.2. The number of nitrogens with one attached hydrogen (secondary N) is 1. The normalized spacial score (nSPS) is 34.0. The summed E-state index contributed by atoms with van der Waals surface area (Å²) in [5.41, 5.74) is 0.0316. The number of carbonyl (C=O) groups is 3. The molecular weight excluding hydrogens is 436 g/mol. The van der Waals surface area contributed by atoms with Gasteiger partial charge in [-0.3, -0.25) is 14.5 Å². The molecule has 0 bridgehead atoms. The Balaban J connectivity index is 1.38. The van der Waals surface area contributed by atoms with Gasteiger partial charge in [0, 0.05) is 55.3 Å². The van der Waals surface area contributed by atoms with Gasteiger partial charge >= 0.3 is 5.97 Å². The van der Waals surface area contributed by atoms with E-state index < -0.39 is 18.0 Å². The van der Waals surface area contributed by atoms with Gasteiger partial charge in [-0.25, -0.2) is 4.79 Å². The molecule has 0 aliphatic carbocycles. The maximum atomic E-state index is 13.0. The smallest absolute Gasteiger partial charge is 0.353 e. The number of aliphatic carboxylic acids is 1. The summed E-state index contributed by atoms with van der Waals surface area (Å²) in [6.45, 7) is 7.59. The van der Waals surface area contributed by atoms with Crippen LogP contribution in [0.15, 0.2) is 10.6 Å². The van der Waals surface area contributed by atoms with E-state index in [2.05, 4.69) is 10.2 Å². The number of carboxylic acids is 1. The number of nitrogens with zero attached hydrogens (tertiary/aromatic N) is 3. The summed E-state index contributed by atoms with van der Waals surface area (Å²) in [7, 11) is 0. The largest absolute Gasteiger partial charge is 0.477 e. The number of piperazine rings is 1. The topological polar surface area (TPSA) is 134 Å². The van der Waals surface area contributed by atoms with Crippen LogP contribution in [0.25, 0.3) is 0 Å². The van der Waals surface area contributed by atoms with E-state index in [0.717, 1.165) is 13.1 Å². The first-order chi connectivity index (χ1) is 15.2. The van der Waals surface area contributed by atoms with Crippen LogP contribution >= 0.6 is 11.8 Å². The molecule has 32 heavy (non-hydrogen) atoms. The molecule has 6 atom stereocenters. The van der Waals surface area contributed by atoms with Crippen molar-refractivity contribution in [2.45, 2.75) is 43.7 Å². The highest BCUT2D eigenvalue weighted by Crippen LogP contribution is 2.51. The number of carbonyl (C=O) groups excluding carboxylic acids is 2. The van der Waals surface area contributed by atoms with Crippen molar-refractivity contribution in [1.82, 2.24) is 20.0 Å². The minimum Gasteiger partial charge on any atom is -0.477 e. The zero-order valence-electron chi connectivity index (χ0n) is 18.4. The second kappa shape index (κ2) is 9.30. The molecule has 2 amide bonds. The molecule has 4 aliphatic rings. The number of rotatable bonds is 7. The van der Waals surface area contributed by atoms with Crippen LogP contribution in [-0.4, -0.2) is 117 Å². The standard InChI is InChI=1S/C21H32N4O6S/c1-11-16-15(12(2)27)20(29)25(16)17(21(30)31)18(11)32-13-9-14(22-10-13)19(28)24-5-3-23(4-6-24)7-8-26/h11-16,22,26-27H,3-10H2,1-2H3,(H,30,31)/t11-,12-,13+,14-,15-,16-/m1/s1. The Morgan fingerprint density at radius 1 is 1.25 bits per heavy atom. The van der Waals surface area contributed by atoms with Crippen LogP contribution in [-0.2, 0) is 14.4 Å². The number of aliphatic hydroxyl groups excluding tert-OH is 2. The van der Waals surface area contributed by atoms with Crippen molar-refractivity contribution in [1.29, 1.82) is 0 Å². The number of fused-ring (bicyclic) bond motifs is 1. The molecule has 0 saturated carbocycles. The van der Waals surface area contributed by atoms with Crippen LogP contribution < -0.4 is 5.32 Å². The molecular formula is C21H32N4O6S. The Labute approximate surface area is 191 Å². The maximum Gasteiger partial charge on any atom is 0.353 e. The van der Waals surface area contributed by atoms with Crippen molar-refractivity contribution in [2.24, 2.45) is 11.8 Å². The minimum atomic E-state index is -1.13. The molecule has 0 spiro atoms. The number of thioether (sulfide) groups is 1. The summed E-state index contributed by atoms with van der Waals surface area (Å²) < 4.78 is 0. The third kappa shape index (κ3) is 4.05. The van der Waals surface area contributed by atoms with Gasteiger partial charge in [-0.15, -0.1) is 11.8 Å². The lowest BCUT2D eigenvalue weighted by molar-refractivity contribution is -0.163. The molecule has 3 saturated heterocycles. The van der Waals surface area contributed by atoms with Crippen LogP contribution in [0.2, 0.25) is 0 Å². The van der Waals surface area contributed by atoms with Crippen molar-refractivity contribution in [3.8, 4) is 0 Å². The first kappa shape index (κ1) is 23.5. The van der Waals surface area contributed by atoms with E-state index in [-0.39, 0.29) is 47.4 Å². The molecule has 0 aromatic rings. The maximum absolute atomic E-state index is 13.0. The Morgan fingerprint density at radius 2 is 1.94 bits per heavy atom. The molecule has 3 fully saturated rings. The first-order valence-electron chi connectivity index (χ1n) is 11.2. The third-order valence-electron chi connectivity index (χ3n) is 7.09. The molecule has 0 radical (unpaired) electrons. The van der Waals surface area contributed by atoms with Crippen LogP contribution in [0.3, 0.4) is 0 Å². The molecule has 4 N–H and O–H groups in total. The highest BCUT2D eigenvalue weighted by molar-refractivity contribution is 8.03. The van der Waals surface area contributed by atoms with Gasteiger partial charge in [0.2, 0.25) is 11.8 Å². The van der Waals surface area contributed by atoms with E-state index in [1.807, 2.05) is 11.8 Å². The molecule has 4 rings (SSSR count). The summed E-state index contributed by atoms with van der Waals surface area (Å²) >= 11 is 1.45. The fraction of sp³-hybridized carbons (Fsp3) is 0.762. The summed E-state index contributed by atoms with van der Waals surface area (Å²) in [4.78, 5) is 43.4. The monoisotopic (exact) mass is 468 g/mol. The molecule has 11 heteroatoms. The predicted octanol–water partition coefficient (Wildman–Crippen LogP) is -1.26. The quantitative estimate of drug-likeness (QED) is 0.338. The molecule has 10 nitrogen and oxygen atoms in total. The van der Waals surface area contributed by atoms with Gasteiger partial charge in [0.05, 0.1) is 30.7 Å². The Morgan fingerprint density at radius 3 is 2.53 bits per heavy atom. The van der Waals surface area contributed by atoms with Gasteiger partial charge in [0.25, 0.3) is 0 Å². The number of hydrogen-bond acceptors (Lipinski definition) is 8. The highest BCUT2D eigenvalue weighted by atomic mass is 32.2. The van der Waals surface area contributed by atoms with Crippen molar-refractivity contribution in [3.63, 3.8) is 0 Å². The summed E-state index contributed by atoms with van der Waals surface area (Å²) in [6, 6.07) is -0.621. The van der Waals surface area contributed by atoms with Crippen molar-refractivity contribution in [2.75, 3.05) is 45.9 Å². The predicted molar refractivity (Wildman–Crippen MR) is 118 cm³/mol. The van der Waals surface area contributed by atoms with Gasteiger partial charge in [0.15, 0.2) is 0 Å². The summed E-state index contributed by atoms with van der Waals surface area (Å²) in [5.74, 6) is -2.13. The number of carboxylic acid groups (broad SMARTS) is 1. The Kier molecular flexibility index (Phi) is 6.83. The molecule has 178 valence electrons. The Bertz CT molecular complexity index is 812. The molecule has 4 aliphatic heterocycles. The number of β-amino-alcohol motifs (C(OH)–C–C–N with tert-alkyl or cyclic N) is 1. The van der Waals surface area contributed by atoms with Crippen molar-refractivity contribution < 1.29 is 29.7 Å². The molecule has 4 heterocycles. The van der Waals surface area contributed by atoms with Gasteiger partial charge < -0.3 is 30.4 Å². The first-order valence-corrected chi connectivity index (χ1v) is 12.1. The van der Waals surface area contributed by atoms with E-state index in [0.29, 0.717) is 37.5 Å². The second-order valence-electron chi connectivity index (χ2n) is 9.10.